The monoisotopic (exact) mass is 285 g/mol. The molecule has 1 aromatic rings. The molecule has 0 aliphatic heterocycles. The summed E-state index contributed by atoms with van der Waals surface area (Å²) in [5.41, 5.74) is -0.241. The van der Waals surface area contributed by atoms with Gasteiger partial charge in [0.15, 0.2) is 5.69 Å². The molecule has 0 saturated carbocycles. The SMILES string of the molecule is CCN(C)C(=O)C(C)Nc1ccc(Cl)c(C(=O)O)n1. The molecule has 1 atom stereocenters. The number of amides is 1. The van der Waals surface area contributed by atoms with Crippen LogP contribution in [-0.2, 0) is 4.79 Å². The summed E-state index contributed by atoms with van der Waals surface area (Å²) >= 11 is 5.72. The number of carbonyl (C=O) groups is 2. The number of carboxylic acids is 1. The quantitative estimate of drug-likeness (QED) is 0.860. The van der Waals surface area contributed by atoms with Crippen LogP contribution in [0.4, 0.5) is 5.82 Å². The van der Waals surface area contributed by atoms with Crippen LogP contribution in [0.3, 0.4) is 0 Å². The third-order valence-electron chi connectivity index (χ3n) is 2.63. The van der Waals surface area contributed by atoms with Gasteiger partial charge in [0.2, 0.25) is 5.91 Å². The highest BCUT2D eigenvalue weighted by Gasteiger charge is 2.18. The van der Waals surface area contributed by atoms with Crippen molar-refractivity contribution < 1.29 is 14.7 Å². The second-order valence-corrected chi connectivity index (χ2v) is 4.46. The number of pyridine rings is 1. The van der Waals surface area contributed by atoms with Crippen molar-refractivity contribution in [2.45, 2.75) is 19.9 Å². The predicted molar refractivity (Wildman–Crippen MR) is 72.6 cm³/mol. The van der Waals surface area contributed by atoms with Crippen LogP contribution in [0.15, 0.2) is 12.1 Å². The average Bonchev–Trinajstić information content (AvgIpc) is 2.38. The van der Waals surface area contributed by atoms with E-state index in [0.29, 0.717) is 12.4 Å². The maximum Gasteiger partial charge on any atom is 0.356 e. The van der Waals surface area contributed by atoms with E-state index in [1.807, 2.05) is 6.92 Å². The lowest BCUT2D eigenvalue weighted by Gasteiger charge is -2.21. The average molecular weight is 286 g/mol. The zero-order chi connectivity index (χ0) is 14.6. The molecule has 0 aromatic carbocycles. The van der Waals surface area contributed by atoms with E-state index < -0.39 is 12.0 Å². The zero-order valence-electron chi connectivity index (χ0n) is 11.0. The molecule has 104 valence electrons. The Labute approximate surface area is 116 Å². The van der Waals surface area contributed by atoms with Crippen LogP contribution in [0, 0.1) is 0 Å². The minimum Gasteiger partial charge on any atom is -0.476 e. The summed E-state index contributed by atoms with van der Waals surface area (Å²) in [4.78, 5) is 28.2. The van der Waals surface area contributed by atoms with Gasteiger partial charge in [0.05, 0.1) is 5.02 Å². The minimum atomic E-state index is -1.21. The van der Waals surface area contributed by atoms with E-state index in [0.717, 1.165) is 0 Å². The number of halogens is 1. The van der Waals surface area contributed by atoms with Gasteiger partial charge in [-0.25, -0.2) is 9.78 Å². The molecule has 7 heteroatoms. The summed E-state index contributed by atoms with van der Waals surface area (Å²) in [6.45, 7) is 4.15. The molecule has 0 spiro atoms. The Kier molecular flexibility index (Phi) is 5.11. The van der Waals surface area contributed by atoms with Gasteiger partial charge in [-0.1, -0.05) is 11.6 Å². The molecule has 0 aliphatic carbocycles. The van der Waals surface area contributed by atoms with Gasteiger partial charge < -0.3 is 15.3 Å². The van der Waals surface area contributed by atoms with E-state index >= 15 is 0 Å². The fourth-order valence-electron chi connectivity index (χ4n) is 1.44. The lowest BCUT2D eigenvalue weighted by atomic mass is 10.2. The molecule has 0 aliphatic rings. The number of aromatic nitrogens is 1. The van der Waals surface area contributed by atoms with Gasteiger partial charge in [-0.05, 0) is 26.0 Å². The molecule has 19 heavy (non-hydrogen) atoms. The first kappa shape index (κ1) is 15.2. The molecule has 1 rings (SSSR count). The maximum absolute atomic E-state index is 11.9. The molecule has 0 saturated heterocycles. The molecule has 1 heterocycles. The maximum atomic E-state index is 11.9. The van der Waals surface area contributed by atoms with E-state index in [9.17, 15) is 9.59 Å². The standard InChI is InChI=1S/C12H16ClN3O3/c1-4-16(3)11(17)7(2)14-9-6-5-8(13)10(15-9)12(18)19/h5-7H,4H2,1-3H3,(H,14,15)(H,18,19). The van der Waals surface area contributed by atoms with E-state index in [1.54, 1.807) is 18.9 Å². The van der Waals surface area contributed by atoms with Crippen molar-refractivity contribution in [1.29, 1.82) is 0 Å². The Hall–Kier alpha value is -1.82. The Balaban J connectivity index is 2.86. The Morgan fingerprint density at radius 1 is 1.53 bits per heavy atom. The van der Waals surface area contributed by atoms with E-state index in [2.05, 4.69) is 10.3 Å². The Morgan fingerprint density at radius 2 is 2.16 bits per heavy atom. The summed E-state index contributed by atoms with van der Waals surface area (Å²) in [7, 11) is 1.69. The third-order valence-corrected chi connectivity index (χ3v) is 2.94. The molecule has 1 unspecified atom stereocenters. The zero-order valence-corrected chi connectivity index (χ0v) is 11.7. The first-order valence-corrected chi connectivity index (χ1v) is 6.16. The van der Waals surface area contributed by atoms with Crippen molar-refractivity contribution >= 4 is 29.3 Å². The first-order valence-electron chi connectivity index (χ1n) is 5.78. The number of carbonyl (C=O) groups excluding carboxylic acids is 1. The van der Waals surface area contributed by atoms with Gasteiger partial charge in [-0.3, -0.25) is 4.79 Å². The summed E-state index contributed by atoms with van der Waals surface area (Å²) in [5.74, 6) is -1.01. The Bertz CT molecular complexity index is 493. The second kappa shape index (κ2) is 6.38. The number of aromatic carboxylic acids is 1. The van der Waals surface area contributed by atoms with Crippen molar-refractivity contribution in [3.8, 4) is 0 Å². The molecule has 6 nitrogen and oxygen atoms in total. The fourth-order valence-corrected chi connectivity index (χ4v) is 1.63. The van der Waals surface area contributed by atoms with Crippen LogP contribution in [0.25, 0.3) is 0 Å². The molecular weight excluding hydrogens is 270 g/mol. The molecular formula is C12H16ClN3O3. The summed E-state index contributed by atoms with van der Waals surface area (Å²) < 4.78 is 0. The number of rotatable bonds is 5. The first-order chi connectivity index (χ1) is 8.86. The summed E-state index contributed by atoms with van der Waals surface area (Å²) in [6, 6.07) is 2.46. The molecule has 1 amide bonds. The number of anilines is 1. The van der Waals surface area contributed by atoms with Crippen LogP contribution in [0.1, 0.15) is 24.3 Å². The van der Waals surface area contributed by atoms with Gasteiger partial charge >= 0.3 is 5.97 Å². The van der Waals surface area contributed by atoms with E-state index in [1.165, 1.54) is 12.1 Å². The smallest absolute Gasteiger partial charge is 0.356 e. The number of carboxylic acid groups (broad SMARTS) is 1. The largest absolute Gasteiger partial charge is 0.476 e. The van der Waals surface area contributed by atoms with E-state index in [-0.39, 0.29) is 16.6 Å². The minimum absolute atomic E-state index is 0.0581. The van der Waals surface area contributed by atoms with E-state index in [4.69, 9.17) is 16.7 Å². The van der Waals surface area contributed by atoms with Crippen LogP contribution in [0.5, 0.6) is 0 Å². The molecule has 2 N–H and O–H groups in total. The number of nitrogens with one attached hydrogen (secondary N) is 1. The van der Waals surface area contributed by atoms with Crippen LogP contribution >= 0.6 is 11.6 Å². The van der Waals surface area contributed by atoms with Gasteiger partial charge in [0.1, 0.15) is 11.9 Å². The van der Waals surface area contributed by atoms with Crippen molar-refractivity contribution in [3.05, 3.63) is 22.8 Å². The normalized spacial score (nSPS) is 11.8. The molecule has 0 fully saturated rings. The van der Waals surface area contributed by atoms with Crippen LogP contribution < -0.4 is 5.32 Å². The topological polar surface area (TPSA) is 82.5 Å². The summed E-state index contributed by atoms with van der Waals surface area (Å²) in [5, 5.41) is 11.8. The van der Waals surface area contributed by atoms with Crippen molar-refractivity contribution in [1.82, 2.24) is 9.88 Å². The van der Waals surface area contributed by atoms with Gasteiger partial charge in [0, 0.05) is 13.6 Å². The van der Waals surface area contributed by atoms with Crippen molar-refractivity contribution in [2.75, 3.05) is 18.9 Å². The lowest BCUT2D eigenvalue weighted by Crippen LogP contribution is -2.39. The van der Waals surface area contributed by atoms with Gasteiger partial charge in [0.25, 0.3) is 0 Å². The molecule has 0 radical (unpaired) electrons. The van der Waals surface area contributed by atoms with Crippen LogP contribution in [0.2, 0.25) is 5.02 Å². The highest BCUT2D eigenvalue weighted by molar-refractivity contribution is 6.33. The molecule has 0 bridgehead atoms. The lowest BCUT2D eigenvalue weighted by molar-refractivity contribution is -0.130. The van der Waals surface area contributed by atoms with Gasteiger partial charge in [-0.2, -0.15) is 0 Å². The predicted octanol–water partition coefficient (Wildman–Crippen LogP) is 1.71. The number of likely N-dealkylation sites (N-methyl/N-ethyl adjacent to an activating group) is 1. The highest BCUT2D eigenvalue weighted by atomic mass is 35.5. The summed E-state index contributed by atoms with van der Waals surface area (Å²) in [6.07, 6.45) is 0. The number of nitrogens with zero attached hydrogens (tertiary/aromatic N) is 2. The third kappa shape index (κ3) is 3.82. The van der Waals surface area contributed by atoms with Gasteiger partial charge in [-0.15, -0.1) is 0 Å². The fraction of sp³-hybridized carbons (Fsp3) is 0.417. The number of hydrogen-bond donors (Lipinski definition) is 2. The Morgan fingerprint density at radius 3 is 2.68 bits per heavy atom. The van der Waals surface area contributed by atoms with Crippen LogP contribution in [-0.4, -0.2) is 46.5 Å². The van der Waals surface area contributed by atoms with Crippen molar-refractivity contribution in [2.24, 2.45) is 0 Å². The van der Waals surface area contributed by atoms with Crippen molar-refractivity contribution in [3.63, 3.8) is 0 Å². The second-order valence-electron chi connectivity index (χ2n) is 4.05. The number of hydrogen-bond acceptors (Lipinski definition) is 4. The highest BCUT2D eigenvalue weighted by Crippen LogP contribution is 2.17. The molecule has 1 aromatic heterocycles.